The van der Waals surface area contributed by atoms with Crippen molar-refractivity contribution in [3.8, 4) is 0 Å². The number of rotatable bonds is 3. The largest absolute Gasteiger partial charge is 0.439 e. The Morgan fingerprint density at radius 2 is 1.96 bits per heavy atom. The molecule has 0 atom stereocenters. The molecule has 3 aromatic rings. The zero-order valence-electron chi connectivity index (χ0n) is 15.1. The number of aromatic nitrogens is 1. The molecule has 1 aliphatic rings. The molecular weight excluding hydrogens is 347 g/mol. The van der Waals surface area contributed by atoms with Crippen LogP contribution >= 0.6 is 0 Å². The SMILES string of the molecule is Cc1ccc2nc(CN3CCN(C(=O)Nc4ccccc4F)CC3)oc2c1. The maximum atomic E-state index is 13.7. The Hall–Kier alpha value is -2.93. The highest BCUT2D eigenvalue weighted by atomic mass is 19.1. The molecule has 7 heteroatoms. The number of hydrogen-bond donors (Lipinski definition) is 1. The minimum absolute atomic E-state index is 0.201. The predicted octanol–water partition coefficient (Wildman–Crippen LogP) is 3.63. The van der Waals surface area contributed by atoms with Gasteiger partial charge in [-0.2, -0.15) is 0 Å². The average Bonchev–Trinajstić information content (AvgIpc) is 3.05. The first-order valence-electron chi connectivity index (χ1n) is 8.97. The van der Waals surface area contributed by atoms with Gasteiger partial charge in [0, 0.05) is 26.2 Å². The van der Waals surface area contributed by atoms with Crippen molar-refractivity contribution >= 4 is 22.8 Å². The van der Waals surface area contributed by atoms with Crippen LogP contribution < -0.4 is 5.32 Å². The second-order valence-corrected chi connectivity index (χ2v) is 6.75. The van der Waals surface area contributed by atoms with Crippen LogP contribution in [-0.2, 0) is 6.54 Å². The van der Waals surface area contributed by atoms with Gasteiger partial charge >= 0.3 is 6.03 Å². The molecule has 2 amide bonds. The highest BCUT2D eigenvalue weighted by molar-refractivity contribution is 5.89. The number of anilines is 1. The van der Waals surface area contributed by atoms with Crippen LogP contribution in [0.2, 0.25) is 0 Å². The van der Waals surface area contributed by atoms with Crippen LogP contribution in [0.5, 0.6) is 0 Å². The summed E-state index contributed by atoms with van der Waals surface area (Å²) < 4.78 is 19.5. The zero-order valence-corrected chi connectivity index (χ0v) is 15.1. The standard InChI is InChI=1S/C20H21FN4O2/c1-14-6-7-17-18(12-14)27-19(22-17)13-24-8-10-25(11-9-24)20(26)23-16-5-3-2-4-15(16)21/h2-7,12H,8-11,13H2,1H3,(H,23,26). The molecule has 1 fully saturated rings. The first kappa shape index (κ1) is 17.5. The number of oxazole rings is 1. The molecule has 1 aromatic heterocycles. The van der Waals surface area contributed by atoms with Crippen LogP contribution in [0, 0.1) is 12.7 Å². The molecule has 0 spiro atoms. The highest BCUT2D eigenvalue weighted by Crippen LogP contribution is 2.19. The molecule has 140 valence electrons. The number of piperazine rings is 1. The fourth-order valence-electron chi connectivity index (χ4n) is 3.20. The van der Waals surface area contributed by atoms with Crippen LogP contribution in [0.15, 0.2) is 46.9 Å². The predicted molar refractivity (Wildman–Crippen MR) is 101 cm³/mol. The lowest BCUT2D eigenvalue weighted by Crippen LogP contribution is -2.49. The Kier molecular flexibility index (Phi) is 4.77. The molecule has 0 unspecified atom stereocenters. The van der Waals surface area contributed by atoms with Gasteiger partial charge in [-0.15, -0.1) is 0 Å². The molecule has 0 aliphatic carbocycles. The summed E-state index contributed by atoms with van der Waals surface area (Å²) in [5.74, 6) is 0.246. The van der Waals surface area contributed by atoms with Gasteiger partial charge in [0.1, 0.15) is 11.3 Å². The Balaban J connectivity index is 1.33. The van der Waals surface area contributed by atoms with Crippen molar-refractivity contribution in [2.75, 3.05) is 31.5 Å². The number of carbonyl (C=O) groups excluding carboxylic acids is 1. The van der Waals surface area contributed by atoms with Crippen molar-refractivity contribution in [2.24, 2.45) is 0 Å². The third kappa shape index (κ3) is 3.93. The van der Waals surface area contributed by atoms with E-state index in [-0.39, 0.29) is 11.7 Å². The maximum absolute atomic E-state index is 13.7. The van der Waals surface area contributed by atoms with E-state index in [9.17, 15) is 9.18 Å². The molecule has 27 heavy (non-hydrogen) atoms. The highest BCUT2D eigenvalue weighted by Gasteiger charge is 2.23. The number of nitrogens with one attached hydrogen (secondary N) is 1. The first-order chi connectivity index (χ1) is 13.1. The molecule has 4 rings (SSSR count). The summed E-state index contributed by atoms with van der Waals surface area (Å²) in [5, 5.41) is 2.63. The van der Waals surface area contributed by atoms with Gasteiger partial charge in [0.05, 0.1) is 12.2 Å². The van der Waals surface area contributed by atoms with Gasteiger partial charge in [-0.05, 0) is 36.8 Å². The Bertz CT molecular complexity index is 964. The minimum atomic E-state index is -0.435. The molecule has 2 heterocycles. The zero-order chi connectivity index (χ0) is 18.8. The van der Waals surface area contributed by atoms with Gasteiger partial charge in [-0.25, -0.2) is 14.2 Å². The second-order valence-electron chi connectivity index (χ2n) is 6.75. The van der Waals surface area contributed by atoms with Gasteiger partial charge < -0.3 is 14.6 Å². The Morgan fingerprint density at radius 3 is 2.74 bits per heavy atom. The molecule has 0 saturated carbocycles. The normalized spacial score (nSPS) is 15.3. The molecular formula is C20H21FN4O2. The van der Waals surface area contributed by atoms with Crippen molar-refractivity contribution < 1.29 is 13.6 Å². The quantitative estimate of drug-likeness (QED) is 0.767. The number of hydrogen-bond acceptors (Lipinski definition) is 4. The van der Waals surface area contributed by atoms with Gasteiger partial charge in [-0.1, -0.05) is 18.2 Å². The van der Waals surface area contributed by atoms with E-state index in [1.807, 2.05) is 25.1 Å². The van der Waals surface area contributed by atoms with Gasteiger partial charge in [0.2, 0.25) is 5.89 Å². The van der Waals surface area contributed by atoms with Crippen molar-refractivity contribution in [1.82, 2.24) is 14.8 Å². The third-order valence-electron chi connectivity index (χ3n) is 4.72. The maximum Gasteiger partial charge on any atom is 0.322 e. The number of para-hydroxylation sites is 1. The van der Waals surface area contributed by atoms with E-state index < -0.39 is 5.82 Å². The summed E-state index contributed by atoms with van der Waals surface area (Å²) in [6.07, 6.45) is 0. The van der Waals surface area contributed by atoms with Gasteiger partial charge in [0.25, 0.3) is 0 Å². The summed E-state index contributed by atoms with van der Waals surface area (Å²) in [4.78, 5) is 20.7. The lowest BCUT2D eigenvalue weighted by Gasteiger charge is -2.34. The van der Waals surface area contributed by atoms with Crippen molar-refractivity contribution in [3.63, 3.8) is 0 Å². The summed E-state index contributed by atoms with van der Waals surface area (Å²) >= 11 is 0. The van der Waals surface area contributed by atoms with E-state index in [0.29, 0.717) is 38.6 Å². The number of fused-ring (bicyclic) bond motifs is 1. The molecule has 0 radical (unpaired) electrons. The van der Waals surface area contributed by atoms with Crippen LogP contribution in [0.3, 0.4) is 0 Å². The summed E-state index contributed by atoms with van der Waals surface area (Å²) in [6, 6.07) is 11.8. The molecule has 2 aromatic carbocycles. The molecule has 1 saturated heterocycles. The fourth-order valence-corrected chi connectivity index (χ4v) is 3.20. The smallest absolute Gasteiger partial charge is 0.322 e. The third-order valence-corrected chi connectivity index (χ3v) is 4.72. The molecule has 1 aliphatic heterocycles. The van der Waals surface area contributed by atoms with Crippen LogP contribution in [-0.4, -0.2) is 47.0 Å². The van der Waals surface area contributed by atoms with Gasteiger partial charge in [-0.3, -0.25) is 4.90 Å². The molecule has 6 nitrogen and oxygen atoms in total. The van der Waals surface area contributed by atoms with Gasteiger partial charge in [0.15, 0.2) is 5.58 Å². The lowest BCUT2D eigenvalue weighted by molar-refractivity contribution is 0.136. The molecule has 0 bridgehead atoms. The number of amides is 2. The van der Waals surface area contributed by atoms with Crippen molar-refractivity contribution in [1.29, 1.82) is 0 Å². The Labute approximate surface area is 156 Å². The lowest BCUT2D eigenvalue weighted by atomic mass is 10.2. The van der Waals surface area contributed by atoms with E-state index in [1.165, 1.54) is 6.07 Å². The number of halogens is 1. The van der Waals surface area contributed by atoms with E-state index in [1.54, 1.807) is 23.1 Å². The minimum Gasteiger partial charge on any atom is -0.439 e. The van der Waals surface area contributed by atoms with Crippen LogP contribution in [0.25, 0.3) is 11.1 Å². The van der Waals surface area contributed by atoms with Crippen molar-refractivity contribution in [2.45, 2.75) is 13.5 Å². The van der Waals surface area contributed by atoms with Crippen LogP contribution in [0.4, 0.5) is 14.9 Å². The number of benzene rings is 2. The van der Waals surface area contributed by atoms with Crippen LogP contribution in [0.1, 0.15) is 11.5 Å². The second kappa shape index (κ2) is 7.36. The summed E-state index contributed by atoms with van der Waals surface area (Å²) in [7, 11) is 0. The fraction of sp³-hybridized carbons (Fsp3) is 0.300. The van der Waals surface area contributed by atoms with E-state index in [4.69, 9.17) is 4.42 Å². The number of carbonyl (C=O) groups is 1. The Morgan fingerprint density at radius 1 is 1.19 bits per heavy atom. The number of urea groups is 1. The monoisotopic (exact) mass is 368 g/mol. The average molecular weight is 368 g/mol. The summed E-state index contributed by atoms with van der Waals surface area (Å²) in [6.45, 7) is 5.19. The molecule has 1 N–H and O–H groups in total. The number of aryl methyl sites for hydroxylation is 1. The van der Waals surface area contributed by atoms with Crippen molar-refractivity contribution in [3.05, 3.63) is 59.7 Å². The topological polar surface area (TPSA) is 61.6 Å². The van der Waals surface area contributed by atoms with E-state index >= 15 is 0 Å². The van der Waals surface area contributed by atoms with E-state index in [2.05, 4.69) is 15.2 Å². The van der Waals surface area contributed by atoms with E-state index in [0.717, 1.165) is 16.7 Å². The first-order valence-corrected chi connectivity index (χ1v) is 8.97. The number of nitrogens with zero attached hydrogens (tertiary/aromatic N) is 3. The summed E-state index contributed by atoms with van der Waals surface area (Å²) in [5.41, 5.74) is 3.00.